The number of amides is 1. The average Bonchev–Trinajstić information content (AvgIpc) is 2.61. The molecule has 0 aliphatic heterocycles. The van der Waals surface area contributed by atoms with Crippen LogP contribution in [-0.2, 0) is 4.79 Å². The quantitative estimate of drug-likeness (QED) is 0.323. The van der Waals surface area contributed by atoms with Crippen molar-refractivity contribution < 1.29 is 4.79 Å². The predicted molar refractivity (Wildman–Crippen MR) is 123 cm³/mol. The van der Waals surface area contributed by atoms with Crippen molar-refractivity contribution in [2.45, 2.75) is 33.6 Å². The fraction of sp³-hybridized carbons (Fsp3) is 0.273. The molecule has 0 atom stereocenters. The highest BCUT2D eigenvalue weighted by molar-refractivity contribution is 14.1. The van der Waals surface area contributed by atoms with Crippen LogP contribution >= 0.6 is 22.6 Å². The van der Waals surface area contributed by atoms with E-state index in [-0.39, 0.29) is 12.5 Å². The third kappa shape index (κ3) is 7.17. The zero-order chi connectivity index (χ0) is 19.8. The second-order valence-electron chi connectivity index (χ2n) is 6.82. The van der Waals surface area contributed by atoms with E-state index in [4.69, 9.17) is 0 Å². The number of hydrazone groups is 1. The molecule has 0 aliphatic rings. The second kappa shape index (κ2) is 10.3. The van der Waals surface area contributed by atoms with E-state index in [1.807, 2.05) is 32.1 Å². The van der Waals surface area contributed by atoms with E-state index in [1.165, 1.54) is 9.13 Å². The highest BCUT2D eigenvalue weighted by atomic mass is 127. The van der Waals surface area contributed by atoms with Crippen LogP contribution in [-0.4, -0.2) is 18.7 Å². The number of carbonyl (C=O) groups is 1. The summed E-state index contributed by atoms with van der Waals surface area (Å²) >= 11 is 2.27. The molecule has 5 heteroatoms. The maximum Gasteiger partial charge on any atom is 0.259 e. The van der Waals surface area contributed by atoms with Crippen LogP contribution in [0.3, 0.4) is 0 Å². The first-order valence-corrected chi connectivity index (χ1v) is 10.0. The van der Waals surface area contributed by atoms with Gasteiger partial charge in [-0.1, -0.05) is 44.2 Å². The Balaban J connectivity index is 1.83. The van der Waals surface area contributed by atoms with E-state index in [1.54, 1.807) is 6.21 Å². The van der Waals surface area contributed by atoms with Crippen LogP contribution in [0.25, 0.3) is 6.08 Å². The minimum Gasteiger partial charge on any atom is -0.376 e. The van der Waals surface area contributed by atoms with Crippen LogP contribution in [0.5, 0.6) is 0 Å². The molecule has 0 bridgehead atoms. The summed E-state index contributed by atoms with van der Waals surface area (Å²) in [6, 6.07) is 14.5. The van der Waals surface area contributed by atoms with Crippen molar-refractivity contribution in [1.29, 1.82) is 0 Å². The first kappa shape index (κ1) is 21.2. The highest BCUT2D eigenvalue weighted by Crippen LogP contribution is 2.17. The number of carbonyl (C=O) groups excluding carboxylic acids is 1. The van der Waals surface area contributed by atoms with Gasteiger partial charge < -0.3 is 5.32 Å². The van der Waals surface area contributed by atoms with Gasteiger partial charge in [0.05, 0.1) is 12.8 Å². The molecule has 0 spiro atoms. The Hall–Kier alpha value is -2.15. The monoisotopic (exact) mass is 475 g/mol. The molecular formula is C22H26IN3O. The lowest BCUT2D eigenvalue weighted by Crippen LogP contribution is -2.26. The Bertz CT molecular complexity index is 839. The highest BCUT2D eigenvalue weighted by Gasteiger charge is 2.02. The van der Waals surface area contributed by atoms with Crippen molar-refractivity contribution in [3.63, 3.8) is 0 Å². The topological polar surface area (TPSA) is 53.5 Å². The third-order valence-corrected chi connectivity index (χ3v) is 4.75. The van der Waals surface area contributed by atoms with Crippen molar-refractivity contribution in [3.05, 3.63) is 68.3 Å². The number of hydrogen-bond acceptors (Lipinski definition) is 3. The third-order valence-electron chi connectivity index (χ3n) is 4.08. The molecule has 0 fully saturated rings. The van der Waals surface area contributed by atoms with Gasteiger partial charge in [-0.15, -0.1) is 0 Å². The van der Waals surface area contributed by atoms with E-state index in [9.17, 15) is 4.79 Å². The normalized spacial score (nSPS) is 11.9. The van der Waals surface area contributed by atoms with E-state index < -0.39 is 0 Å². The molecular weight excluding hydrogens is 449 g/mol. The lowest BCUT2D eigenvalue weighted by molar-refractivity contribution is -0.119. The van der Waals surface area contributed by atoms with Gasteiger partial charge >= 0.3 is 0 Å². The number of allylic oxidation sites excluding steroid dienone is 1. The summed E-state index contributed by atoms with van der Waals surface area (Å²) < 4.78 is 1.17. The van der Waals surface area contributed by atoms with Gasteiger partial charge in [-0.2, -0.15) is 5.10 Å². The molecule has 0 saturated carbocycles. The standard InChI is InChI=1S/C22H26IN3O/c1-15(2)19-7-5-18(6-8-19)11-16(3)13-25-26-22(27)14-24-21-10-9-20(23)12-17(21)4/h5-13,15,24H,14H2,1-4H3,(H,26,27)/b16-11+,25-13+. The Morgan fingerprint density at radius 1 is 1.19 bits per heavy atom. The van der Waals surface area contributed by atoms with Gasteiger partial charge in [0, 0.05) is 9.26 Å². The van der Waals surface area contributed by atoms with Crippen molar-refractivity contribution in [1.82, 2.24) is 5.43 Å². The van der Waals surface area contributed by atoms with E-state index >= 15 is 0 Å². The number of nitrogens with one attached hydrogen (secondary N) is 2. The van der Waals surface area contributed by atoms with Gasteiger partial charge in [0.2, 0.25) is 0 Å². The summed E-state index contributed by atoms with van der Waals surface area (Å²) in [5, 5.41) is 7.16. The van der Waals surface area contributed by atoms with Crippen molar-refractivity contribution in [3.8, 4) is 0 Å². The molecule has 0 aliphatic carbocycles. The molecule has 2 aromatic carbocycles. The molecule has 0 heterocycles. The number of hydrogen-bond donors (Lipinski definition) is 2. The number of anilines is 1. The Labute approximate surface area is 175 Å². The van der Waals surface area contributed by atoms with E-state index in [2.05, 4.69) is 82.6 Å². The second-order valence-corrected chi connectivity index (χ2v) is 8.06. The largest absolute Gasteiger partial charge is 0.376 e. The van der Waals surface area contributed by atoms with Crippen LogP contribution < -0.4 is 10.7 Å². The van der Waals surface area contributed by atoms with Gasteiger partial charge in [-0.05, 0) is 82.8 Å². The molecule has 2 rings (SSSR count). The summed E-state index contributed by atoms with van der Waals surface area (Å²) in [5.41, 5.74) is 8.02. The number of rotatable bonds is 7. The van der Waals surface area contributed by atoms with Gasteiger partial charge in [0.25, 0.3) is 5.91 Å². The van der Waals surface area contributed by atoms with Crippen molar-refractivity contribution in [2.24, 2.45) is 5.10 Å². The number of benzene rings is 2. The number of aryl methyl sites for hydroxylation is 1. The Morgan fingerprint density at radius 2 is 1.89 bits per heavy atom. The summed E-state index contributed by atoms with van der Waals surface area (Å²) in [6.45, 7) is 8.51. The molecule has 142 valence electrons. The molecule has 2 N–H and O–H groups in total. The zero-order valence-corrected chi connectivity index (χ0v) is 18.4. The Morgan fingerprint density at radius 3 is 2.52 bits per heavy atom. The lowest BCUT2D eigenvalue weighted by atomic mass is 10.0. The maximum atomic E-state index is 11.9. The fourth-order valence-corrected chi connectivity index (χ4v) is 3.17. The predicted octanol–water partition coefficient (Wildman–Crippen LogP) is 5.34. The molecule has 0 radical (unpaired) electrons. The lowest BCUT2D eigenvalue weighted by Gasteiger charge is -2.08. The minimum absolute atomic E-state index is 0.179. The molecule has 0 unspecified atom stereocenters. The minimum atomic E-state index is -0.182. The summed E-state index contributed by atoms with van der Waals surface area (Å²) in [4.78, 5) is 11.9. The van der Waals surface area contributed by atoms with Crippen LogP contribution in [0.2, 0.25) is 0 Å². The summed E-state index contributed by atoms with van der Waals surface area (Å²) in [6.07, 6.45) is 3.69. The SMILES string of the molecule is CC(/C=N/NC(=O)CNc1ccc(I)cc1C)=C\c1ccc(C(C)C)cc1. The van der Waals surface area contributed by atoms with Crippen LogP contribution in [0.4, 0.5) is 5.69 Å². The van der Waals surface area contributed by atoms with E-state index in [0.29, 0.717) is 5.92 Å². The molecule has 0 aromatic heterocycles. The van der Waals surface area contributed by atoms with Crippen LogP contribution in [0, 0.1) is 10.5 Å². The van der Waals surface area contributed by atoms with Crippen LogP contribution in [0.1, 0.15) is 43.4 Å². The first-order valence-electron chi connectivity index (χ1n) is 8.95. The van der Waals surface area contributed by atoms with Crippen LogP contribution in [0.15, 0.2) is 53.1 Å². The Kier molecular flexibility index (Phi) is 8.03. The molecule has 1 amide bonds. The van der Waals surface area contributed by atoms with E-state index in [0.717, 1.165) is 22.4 Å². The van der Waals surface area contributed by atoms with Gasteiger partial charge in [0.1, 0.15) is 0 Å². The molecule has 0 saturated heterocycles. The zero-order valence-electron chi connectivity index (χ0n) is 16.2. The van der Waals surface area contributed by atoms with Gasteiger partial charge in [-0.3, -0.25) is 4.79 Å². The smallest absolute Gasteiger partial charge is 0.259 e. The summed E-state index contributed by atoms with van der Waals surface area (Å²) in [5.74, 6) is 0.344. The molecule has 2 aromatic rings. The maximum absolute atomic E-state index is 11.9. The first-order chi connectivity index (χ1) is 12.8. The number of halogens is 1. The van der Waals surface area contributed by atoms with Crippen molar-refractivity contribution in [2.75, 3.05) is 11.9 Å². The fourth-order valence-electron chi connectivity index (χ4n) is 2.52. The molecule has 4 nitrogen and oxygen atoms in total. The number of nitrogens with zero attached hydrogens (tertiary/aromatic N) is 1. The molecule has 27 heavy (non-hydrogen) atoms. The van der Waals surface area contributed by atoms with Crippen molar-refractivity contribution >= 4 is 46.5 Å². The van der Waals surface area contributed by atoms with Gasteiger partial charge in [-0.25, -0.2) is 5.43 Å². The summed E-state index contributed by atoms with van der Waals surface area (Å²) in [7, 11) is 0. The average molecular weight is 475 g/mol. The van der Waals surface area contributed by atoms with Gasteiger partial charge in [0.15, 0.2) is 0 Å².